The van der Waals surface area contributed by atoms with E-state index in [-0.39, 0.29) is 16.2 Å². The fourth-order valence-corrected chi connectivity index (χ4v) is 4.17. The van der Waals surface area contributed by atoms with Gasteiger partial charge in [0.1, 0.15) is 0 Å². The first kappa shape index (κ1) is 25.6. The molecule has 3 nitrogen and oxygen atoms in total. The van der Waals surface area contributed by atoms with Crippen molar-refractivity contribution in [1.82, 2.24) is 5.43 Å². The largest absolute Gasteiger partial charge is 0.398 e. The molecule has 0 heterocycles. The highest BCUT2D eigenvalue weighted by molar-refractivity contribution is 6.12. The number of rotatable bonds is 6. The lowest BCUT2D eigenvalue weighted by Gasteiger charge is -2.33. The Hall–Kier alpha value is -3.07. The summed E-state index contributed by atoms with van der Waals surface area (Å²) in [5, 5.41) is 4.87. The summed E-state index contributed by atoms with van der Waals surface area (Å²) < 4.78 is 0. The topological polar surface area (TPSA) is 50.4 Å². The smallest absolute Gasteiger partial charge is 0.0973 e. The number of hydrazone groups is 1. The fraction of sp³-hybridized carbons (Fsp3) is 0.387. The average Bonchev–Trinajstić information content (AvgIpc) is 2.76. The maximum absolute atomic E-state index is 6.82. The summed E-state index contributed by atoms with van der Waals surface area (Å²) in [4.78, 5) is 0. The van der Waals surface area contributed by atoms with Gasteiger partial charge in [-0.05, 0) is 27.5 Å². The van der Waals surface area contributed by atoms with Gasteiger partial charge in [-0.15, -0.1) is 0 Å². The van der Waals surface area contributed by atoms with Crippen molar-refractivity contribution in [3.05, 3.63) is 101 Å². The molecule has 0 atom stereocenters. The van der Waals surface area contributed by atoms with Crippen molar-refractivity contribution in [2.45, 2.75) is 71.6 Å². The summed E-state index contributed by atoms with van der Waals surface area (Å²) in [6, 6.07) is 25.2. The van der Waals surface area contributed by atoms with Gasteiger partial charge in [-0.3, -0.25) is 0 Å². The van der Waals surface area contributed by atoms with Gasteiger partial charge in [-0.25, -0.2) is 0 Å². The molecule has 0 unspecified atom stereocenters. The zero-order valence-electron chi connectivity index (χ0n) is 22.2. The zero-order chi connectivity index (χ0) is 25.1. The van der Waals surface area contributed by atoms with Gasteiger partial charge in [0.2, 0.25) is 0 Å². The van der Waals surface area contributed by atoms with Gasteiger partial charge in [0.25, 0.3) is 0 Å². The highest BCUT2D eigenvalue weighted by Gasteiger charge is 2.30. The van der Waals surface area contributed by atoms with Crippen LogP contribution in [0.1, 0.15) is 83.2 Å². The van der Waals surface area contributed by atoms with Crippen molar-refractivity contribution in [3.8, 4) is 0 Å². The zero-order valence-corrected chi connectivity index (χ0v) is 22.2. The van der Waals surface area contributed by atoms with E-state index in [2.05, 4.69) is 97.2 Å². The standard InChI is InChI=1S/C31H41N3/c1-29(2,3)24-19-25(30(4,5)6)27(32)26(20-24)31(7,8)21-33-34-28(22-15-11-9-12-16-22)23-17-13-10-14-18-23/h9-20,33H,21,32H2,1-8H3. The van der Waals surface area contributed by atoms with E-state index in [9.17, 15) is 0 Å². The number of nitrogen functional groups attached to an aromatic ring is 1. The van der Waals surface area contributed by atoms with E-state index in [0.717, 1.165) is 22.5 Å². The van der Waals surface area contributed by atoms with E-state index < -0.39 is 0 Å². The van der Waals surface area contributed by atoms with Crippen molar-refractivity contribution < 1.29 is 0 Å². The number of nitrogens with zero attached hydrogens (tertiary/aromatic N) is 1. The lowest BCUT2D eigenvalue weighted by molar-refractivity contribution is 0.476. The number of hydrogen-bond acceptors (Lipinski definition) is 3. The summed E-state index contributed by atoms with van der Waals surface area (Å²) >= 11 is 0. The minimum Gasteiger partial charge on any atom is -0.398 e. The number of nitrogens with two attached hydrogens (primary N) is 1. The molecular formula is C31H41N3. The normalized spacial score (nSPS) is 12.4. The Bertz CT molecular complexity index is 1090. The van der Waals surface area contributed by atoms with Crippen LogP contribution in [-0.4, -0.2) is 12.3 Å². The second-order valence-electron chi connectivity index (χ2n) is 11.9. The predicted octanol–water partition coefficient (Wildman–Crippen LogP) is 7.18. The third kappa shape index (κ3) is 5.88. The summed E-state index contributed by atoms with van der Waals surface area (Å²) in [6.45, 7) is 18.6. The molecule has 3 rings (SSSR count). The Labute approximate surface area is 206 Å². The van der Waals surface area contributed by atoms with E-state index >= 15 is 0 Å². The lowest BCUT2D eigenvalue weighted by Crippen LogP contribution is -2.33. The van der Waals surface area contributed by atoms with Crippen LogP contribution in [0.4, 0.5) is 5.69 Å². The Morgan fingerprint density at radius 3 is 1.62 bits per heavy atom. The van der Waals surface area contributed by atoms with Crippen LogP contribution < -0.4 is 11.2 Å². The van der Waals surface area contributed by atoms with Gasteiger partial charge in [-0.1, -0.05) is 128 Å². The third-order valence-corrected chi connectivity index (χ3v) is 6.39. The molecule has 0 amide bonds. The lowest BCUT2D eigenvalue weighted by atomic mass is 9.73. The van der Waals surface area contributed by atoms with Gasteiger partial charge < -0.3 is 11.2 Å². The van der Waals surface area contributed by atoms with Gasteiger partial charge in [0.15, 0.2) is 0 Å². The molecule has 34 heavy (non-hydrogen) atoms. The van der Waals surface area contributed by atoms with E-state index in [1.807, 2.05) is 36.4 Å². The van der Waals surface area contributed by atoms with Crippen LogP contribution in [0.15, 0.2) is 77.9 Å². The molecule has 0 aliphatic heterocycles. The Kier molecular flexibility index (Phi) is 7.26. The predicted molar refractivity (Wildman–Crippen MR) is 148 cm³/mol. The summed E-state index contributed by atoms with van der Waals surface area (Å²) in [6.07, 6.45) is 0. The van der Waals surface area contributed by atoms with Gasteiger partial charge in [-0.2, -0.15) is 5.10 Å². The maximum atomic E-state index is 6.82. The first-order valence-corrected chi connectivity index (χ1v) is 12.2. The van der Waals surface area contributed by atoms with E-state index in [1.54, 1.807) is 0 Å². The molecule has 3 N–H and O–H groups in total. The summed E-state index contributed by atoms with van der Waals surface area (Å²) in [5.74, 6) is 0. The molecule has 0 saturated carbocycles. The molecule has 3 aromatic rings. The molecule has 0 fully saturated rings. The number of nitrogens with one attached hydrogen (secondary N) is 1. The minimum atomic E-state index is -0.215. The molecule has 0 aromatic heterocycles. The van der Waals surface area contributed by atoms with Gasteiger partial charge in [0.05, 0.1) is 5.71 Å². The van der Waals surface area contributed by atoms with Crippen LogP contribution in [-0.2, 0) is 16.2 Å². The SMILES string of the molecule is CC(C)(C)c1cc(C(C)(C)C)c(N)c(C(C)(C)CNN=C(c2ccccc2)c2ccccc2)c1. The van der Waals surface area contributed by atoms with E-state index in [0.29, 0.717) is 6.54 Å². The van der Waals surface area contributed by atoms with Crippen molar-refractivity contribution in [2.24, 2.45) is 5.10 Å². The Morgan fingerprint density at radius 2 is 1.18 bits per heavy atom. The number of benzene rings is 3. The van der Waals surface area contributed by atoms with Crippen LogP contribution in [0.2, 0.25) is 0 Å². The van der Waals surface area contributed by atoms with Gasteiger partial charge >= 0.3 is 0 Å². The van der Waals surface area contributed by atoms with Crippen LogP contribution >= 0.6 is 0 Å². The van der Waals surface area contributed by atoms with E-state index in [4.69, 9.17) is 10.8 Å². The molecule has 3 aromatic carbocycles. The number of anilines is 1. The third-order valence-electron chi connectivity index (χ3n) is 6.39. The van der Waals surface area contributed by atoms with Crippen LogP contribution in [0.3, 0.4) is 0 Å². The monoisotopic (exact) mass is 455 g/mol. The molecule has 0 radical (unpaired) electrons. The first-order chi connectivity index (χ1) is 15.8. The average molecular weight is 456 g/mol. The minimum absolute atomic E-state index is 0.0322. The highest BCUT2D eigenvalue weighted by atomic mass is 15.3. The molecule has 0 aliphatic rings. The van der Waals surface area contributed by atoms with Crippen molar-refractivity contribution in [1.29, 1.82) is 0 Å². The Morgan fingerprint density at radius 1 is 0.706 bits per heavy atom. The second-order valence-corrected chi connectivity index (χ2v) is 11.9. The van der Waals surface area contributed by atoms with Crippen LogP contribution in [0, 0.1) is 0 Å². The highest BCUT2D eigenvalue weighted by Crippen LogP contribution is 2.39. The second kappa shape index (κ2) is 9.66. The maximum Gasteiger partial charge on any atom is 0.0973 e. The molecule has 0 aliphatic carbocycles. The molecule has 0 saturated heterocycles. The van der Waals surface area contributed by atoms with Crippen LogP contribution in [0.25, 0.3) is 0 Å². The van der Waals surface area contributed by atoms with Gasteiger partial charge in [0, 0.05) is 28.8 Å². The molecular weight excluding hydrogens is 414 g/mol. The molecule has 180 valence electrons. The van der Waals surface area contributed by atoms with Crippen molar-refractivity contribution in [2.75, 3.05) is 12.3 Å². The Balaban J connectivity index is 1.99. The molecule has 0 bridgehead atoms. The fourth-order valence-electron chi connectivity index (χ4n) is 4.17. The molecule has 3 heteroatoms. The summed E-state index contributed by atoms with van der Waals surface area (Å²) in [7, 11) is 0. The molecule has 0 spiro atoms. The van der Waals surface area contributed by atoms with Crippen LogP contribution in [0.5, 0.6) is 0 Å². The van der Waals surface area contributed by atoms with Crippen molar-refractivity contribution >= 4 is 11.4 Å². The number of hydrogen-bond donors (Lipinski definition) is 2. The first-order valence-electron chi connectivity index (χ1n) is 12.2. The summed E-state index contributed by atoms with van der Waals surface area (Å²) in [5.41, 5.74) is 17.7. The van der Waals surface area contributed by atoms with E-state index in [1.165, 1.54) is 16.7 Å². The van der Waals surface area contributed by atoms with Crippen molar-refractivity contribution in [3.63, 3.8) is 0 Å². The quantitative estimate of drug-likeness (QED) is 0.235.